The van der Waals surface area contributed by atoms with Gasteiger partial charge in [0.05, 0.1) is 6.54 Å². The van der Waals surface area contributed by atoms with E-state index in [0.29, 0.717) is 13.0 Å². The van der Waals surface area contributed by atoms with Gasteiger partial charge in [-0.1, -0.05) is 0 Å². The molecule has 0 bridgehead atoms. The number of carbonyl (C=O) groups is 2. The number of hydrogen-bond donors (Lipinski definition) is 1. The lowest BCUT2D eigenvalue weighted by Crippen LogP contribution is -2.40. The van der Waals surface area contributed by atoms with Gasteiger partial charge in [-0.3, -0.25) is 14.9 Å². The summed E-state index contributed by atoms with van der Waals surface area (Å²) in [6.07, 6.45) is 5.51. The summed E-state index contributed by atoms with van der Waals surface area (Å²) in [5.41, 5.74) is 0. The number of carbonyl (C=O) groups excluding carboxylic acids is 2. The molecule has 0 radical (unpaired) electrons. The molecule has 0 aliphatic carbocycles. The predicted octanol–water partition coefficient (Wildman–Crippen LogP) is 0.428. The molecule has 0 atom stereocenters. The van der Waals surface area contributed by atoms with E-state index < -0.39 is 0 Å². The van der Waals surface area contributed by atoms with E-state index in [0.717, 1.165) is 12.8 Å². The Morgan fingerprint density at radius 2 is 2.12 bits per heavy atom. The van der Waals surface area contributed by atoms with Gasteiger partial charge in [-0.2, -0.15) is 0 Å². The third-order valence-electron chi connectivity index (χ3n) is 2.57. The van der Waals surface area contributed by atoms with Crippen LogP contribution in [0, 0.1) is 0 Å². The SMILES string of the molecule is O=C(CN1CCCCC1=O)Nc1ncccn1. The van der Waals surface area contributed by atoms with Crippen molar-refractivity contribution in [2.24, 2.45) is 0 Å². The van der Waals surface area contributed by atoms with E-state index in [9.17, 15) is 9.59 Å². The highest BCUT2D eigenvalue weighted by molar-refractivity contribution is 5.93. The number of amides is 2. The zero-order valence-corrected chi connectivity index (χ0v) is 9.43. The monoisotopic (exact) mass is 234 g/mol. The Hall–Kier alpha value is -1.98. The van der Waals surface area contributed by atoms with Crippen molar-refractivity contribution < 1.29 is 9.59 Å². The predicted molar refractivity (Wildman–Crippen MR) is 61.1 cm³/mol. The number of hydrogen-bond acceptors (Lipinski definition) is 4. The third kappa shape index (κ3) is 3.24. The van der Waals surface area contributed by atoms with E-state index in [1.807, 2.05) is 0 Å². The van der Waals surface area contributed by atoms with E-state index in [2.05, 4.69) is 15.3 Å². The highest BCUT2D eigenvalue weighted by atomic mass is 16.2. The maximum atomic E-state index is 11.6. The van der Waals surface area contributed by atoms with Crippen molar-refractivity contribution in [2.45, 2.75) is 19.3 Å². The van der Waals surface area contributed by atoms with E-state index >= 15 is 0 Å². The summed E-state index contributed by atoms with van der Waals surface area (Å²) < 4.78 is 0. The van der Waals surface area contributed by atoms with Crippen LogP contribution in [-0.4, -0.2) is 39.8 Å². The topological polar surface area (TPSA) is 75.2 Å². The second-order valence-corrected chi connectivity index (χ2v) is 3.89. The first kappa shape index (κ1) is 11.5. The van der Waals surface area contributed by atoms with Gasteiger partial charge in [0.25, 0.3) is 0 Å². The number of piperidine rings is 1. The molecule has 17 heavy (non-hydrogen) atoms. The van der Waals surface area contributed by atoms with Crippen molar-refractivity contribution in [3.63, 3.8) is 0 Å². The highest BCUT2D eigenvalue weighted by Crippen LogP contribution is 2.10. The van der Waals surface area contributed by atoms with Gasteiger partial charge < -0.3 is 4.90 Å². The van der Waals surface area contributed by atoms with Crippen molar-refractivity contribution in [3.8, 4) is 0 Å². The summed E-state index contributed by atoms with van der Waals surface area (Å²) in [4.78, 5) is 32.5. The standard InChI is InChI=1S/C11H14N4O2/c16-9(14-11-12-5-3-6-13-11)8-15-7-2-1-4-10(15)17/h3,5-6H,1-2,4,7-8H2,(H,12,13,14,16). The second kappa shape index (κ2) is 5.38. The van der Waals surface area contributed by atoms with Crippen LogP contribution in [0.1, 0.15) is 19.3 Å². The molecule has 1 saturated heterocycles. The number of nitrogens with zero attached hydrogens (tertiary/aromatic N) is 3. The Kier molecular flexibility index (Phi) is 3.64. The van der Waals surface area contributed by atoms with Gasteiger partial charge in [0, 0.05) is 25.4 Å². The maximum Gasteiger partial charge on any atom is 0.246 e. The summed E-state index contributed by atoms with van der Waals surface area (Å²) in [5, 5.41) is 2.55. The average Bonchev–Trinajstić information content (AvgIpc) is 2.33. The molecule has 2 rings (SSSR count). The van der Waals surface area contributed by atoms with Crippen LogP contribution in [0.5, 0.6) is 0 Å². The number of likely N-dealkylation sites (tertiary alicyclic amines) is 1. The molecule has 2 amide bonds. The fraction of sp³-hybridized carbons (Fsp3) is 0.455. The molecule has 1 N–H and O–H groups in total. The molecular formula is C11H14N4O2. The Morgan fingerprint density at radius 3 is 2.82 bits per heavy atom. The van der Waals surface area contributed by atoms with Crippen LogP contribution in [0.4, 0.5) is 5.95 Å². The van der Waals surface area contributed by atoms with Crippen molar-refractivity contribution in [1.82, 2.24) is 14.9 Å². The molecule has 1 aliphatic rings. The molecular weight excluding hydrogens is 220 g/mol. The van der Waals surface area contributed by atoms with E-state index in [1.165, 1.54) is 0 Å². The van der Waals surface area contributed by atoms with Gasteiger partial charge in [0.2, 0.25) is 17.8 Å². The lowest BCUT2D eigenvalue weighted by Gasteiger charge is -2.25. The number of anilines is 1. The lowest BCUT2D eigenvalue weighted by molar-refractivity contribution is -0.136. The van der Waals surface area contributed by atoms with Crippen molar-refractivity contribution >= 4 is 17.8 Å². The van der Waals surface area contributed by atoms with Crippen LogP contribution in [0.2, 0.25) is 0 Å². The quantitative estimate of drug-likeness (QED) is 0.822. The van der Waals surface area contributed by atoms with Crippen LogP contribution in [-0.2, 0) is 9.59 Å². The Labute approximate surface area is 99.1 Å². The van der Waals surface area contributed by atoms with E-state index in [-0.39, 0.29) is 24.3 Å². The van der Waals surface area contributed by atoms with Crippen LogP contribution in [0.15, 0.2) is 18.5 Å². The van der Waals surface area contributed by atoms with E-state index in [1.54, 1.807) is 23.4 Å². The Bertz CT molecular complexity index is 407. The fourth-order valence-electron chi connectivity index (χ4n) is 1.73. The largest absolute Gasteiger partial charge is 0.333 e. The summed E-state index contributed by atoms with van der Waals surface area (Å²) in [7, 11) is 0. The van der Waals surface area contributed by atoms with Gasteiger partial charge in [-0.15, -0.1) is 0 Å². The maximum absolute atomic E-state index is 11.6. The summed E-state index contributed by atoms with van der Waals surface area (Å²) in [6, 6.07) is 1.67. The fourth-order valence-corrected chi connectivity index (χ4v) is 1.73. The molecule has 90 valence electrons. The molecule has 0 aromatic carbocycles. The van der Waals surface area contributed by atoms with E-state index in [4.69, 9.17) is 0 Å². The molecule has 2 heterocycles. The Balaban J connectivity index is 1.87. The first-order valence-corrected chi connectivity index (χ1v) is 5.60. The molecule has 0 unspecified atom stereocenters. The molecule has 0 saturated carbocycles. The van der Waals surface area contributed by atoms with Crippen LogP contribution >= 0.6 is 0 Å². The van der Waals surface area contributed by atoms with Gasteiger partial charge in [-0.25, -0.2) is 9.97 Å². The third-order valence-corrected chi connectivity index (χ3v) is 2.57. The summed E-state index contributed by atoms with van der Waals surface area (Å²) in [5.74, 6) is 0.0498. The Morgan fingerprint density at radius 1 is 1.35 bits per heavy atom. The zero-order chi connectivity index (χ0) is 12.1. The minimum absolute atomic E-state index is 0.0420. The number of aromatic nitrogens is 2. The lowest BCUT2D eigenvalue weighted by atomic mass is 10.1. The van der Waals surface area contributed by atoms with Gasteiger partial charge in [-0.05, 0) is 18.9 Å². The second-order valence-electron chi connectivity index (χ2n) is 3.89. The number of nitrogens with one attached hydrogen (secondary N) is 1. The van der Waals surface area contributed by atoms with Crippen molar-refractivity contribution in [3.05, 3.63) is 18.5 Å². The van der Waals surface area contributed by atoms with Crippen LogP contribution in [0.3, 0.4) is 0 Å². The smallest absolute Gasteiger partial charge is 0.246 e. The molecule has 1 aliphatic heterocycles. The summed E-state index contributed by atoms with van der Waals surface area (Å²) in [6.45, 7) is 0.735. The highest BCUT2D eigenvalue weighted by Gasteiger charge is 2.20. The van der Waals surface area contributed by atoms with Crippen LogP contribution in [0.25, 0.3) is 0 Å². The van der Waals surface area contributed by atoms with Crippen LogP contribution < -0.4 is 5.32 Å². The molecule has 6 heteroatoms. The first-order chi connectivity index (χ1) is 8.25. The van der Waals surface area contributed by atoms with Crippen molar-refractivity contribution in [2.75, 3.05) is 18.4 Å². The average molecular weight is 234 g/mol. The zero-order valence-electron chi connectivity index (χ0n) is 9.43. The summed E-state index contributed by atoms with van der Waals surface area (Å²) >= 11 is 0. The molecule has 1 aromatic rings. The number of rotatable bonds is 3. The molecule has 6 nitrogen and oxygen atoms in total. The minimum atomic E-state index is -0.258. The van der Waals surface area contributed by atoms with Gasteiger partial charge in [0.1, 0.15) is 0 Å². The van der Waals surface area contributed by atoms with Gasteiger partial charge in [0.15, 0.2) is 0 Å². The molecule has 0 spiro atoms. The minimum Gasteiger partial charge on any atom is -0.333 e. The normalized spacial score (nSPS) is 15.8. The molecule has 1 fully saturated rings. The van der Waals surface area contributed by atoms with Gasteiger partial charge >= 0.3 is 0 Å². The molecule has 1 aromatic heterocycles. The first-order valence-electron chi connectivity index (χ1n) is 5.60. The van der Waals surface area contributed by atoms with Crippen molar-refractivity contribution in [1.29, 1.82) is 0 Å².